The van der Waals surface area contributed by atoms with E-state index in [4.69, 9.17) is 4.74 Å². The van der Waals surface area contributed by atoms with Crippen LogP contribution in [0.4, 0.5) is 13.2 Å². The van der Waals surface area contributed by atoms with E-state index in [9.17, 15) is 13.2 Å². The van der Waals surface area contributed by atoms with E-state index in [2.05, 4.69) is 5.32 Å². The summed E-state index contributed by atoms with van der Waals surface area (Å²) in [6.45, 7) is 3.33. The first kappa shape index (κ1) is 14.8. The van der Waals surface area contributed by atoms with Crippen LogP contribution in [0.5, 0.6) is 5.75 Å². The molecule has 0 saturated heterocycles. The third-order valence-electron chi connectivity index (χ3n) is 2.35. The molecule has 0 radical (unpaired) electrons. The van der Waals surface area contributed by atoms with Crippen molar-refractivity contribution in [1.29, 1.82) is 0 Å². The molecule has 1 N–H and O–H groups in total. The van der Waals surface area contributed by atoms with Crippen molar-refractivity contribution in [3.05, 3.63) is 29.8 Å². The number of halogens is 3. The molecule has 0 aliphatic rings. The molecule has 0 aliphatic carbocycles. The average Bonchev–Trinajstić information content (AvgIpc) is 2.26. The van der Waals surface area contributed by atoms with Crippen LogP contribution in [-0.4, -0.2) is 25.9 Å². The number of hydrogen-bond acceptors (Lipinski definition) is 2. The molecule has 0 bridgehead atoms. The van der Waals surface area contributed by atoms with Crippen molar-refractivity contribution < 1.29 is 17.9 Å². The minimum atomic E-state index is -4.06. The van der Waals surface area contributed by atoms with E-state index in [0.717, 1.165) is 11.3 Å². The molecule has 102 valence electrons. The summed E-state index contributed by atoms with van der Waals surface area (Å²) in [5, 5.41) is 2.92. The zero-order valence-corrected chi connectivity index (χ0v) is 10.4. The second kappa shape index (κ2) is 7.26. The van der Waals surface area contributed by atoms with Crippen molar-refractivity contribution in [3.63, 3.8) is 0 Å². The van der Waals surface area contributed by atoms with Gasteiger partial charge in [0.1, 0.15) is 12.4 Å². The number of hydrogen-bond donors (Lipinski definition) is 1. The first-order valence-electron chi connectivity index (χ1n) is 5.94. The lowest BCUT2D eigenvalue weighted by atomic mass is 10.2. The number of alkyl halides is 3. The van der Waals surface area contributed by atoms with E-state index < -0.39 is 12.6 Å². The number of ether oxygens (including phenoxy) is 1. The van der Waals surface area contributed by atoms with Gasteiger partial charge in [-0.05, 0) is 37.6 Å². The van der Waals surface area contributed by atoms with Crippen LogP contribution in [0.3, 0.4) is 0 Å². The smallest absolute Gasteiger partial charge is 0.389 e. The highest BCUT2D eigenvalue weighted by molar-refractivity contribution is 5.27. The standard InChI is InChI=1S/C13H18F3NO/c1-11-4-2-5-12(10-11)18-9-8-17-7-3-6-13(14,15)16/h2,4-5,10,17H,3,6-9H2,1H3. The third kappa shape index (κ3) is 7.17. The molecular weight excluding hydrogens is 243 g/mol. The van der Waals surface area contributed by atoms with Crippen LogP contribution >= 0.6 is 0 Å². The molecule has 0 unspecified atom stereocenters. The summed E-state index contributed by atoms with van der Waals surface area (Å²) in [6.07, 6.45) is -4.69. The SMILES string of the molecule is Cc1cccc(OCCNCCCC(F)(F)F)c1. The van der Waals surface area contributed by atoms with Crippen LogP contribution in [0.1, 0.15) is 18.4 Å². The fourth-order valence-corrected chi connectivity index (χ4v) is 1.49. The average molecular weight is 261 g/mol. The van der Waals surface area contributed by atoms with E-state index in [0.29, 0.717) is 19.7 Å². The highest BCUT2D eigenvalue weighted by Gasteiger charge is 2.25. The Morgan fingerprint density at radius 3 is 2.67 bits per heavy atom. The fourth-order valence-electron chi connectivity index (χ4n) is 1.49. The van der Waals surface area contributed by atoms with Crippen LogP contribution in [0.2, 0.25) is 0 Å². The van der Waals surface area contributed by atoms with Gasteiger partial charge in [-0.25, -0.2) is 0 Å². The molecule has 0 aromatic heterocycles. The first-order chi connectivity index (χ1) is 8.47. The molecular formula is C13H18F3NO. The van der Waals surface area contributed by atoms with Crippen molar-refractivity contribution in [2.24, 2.45) is 0 Å². The van der Waals surface area contributed by atoms with Crippen molar-refractivity contribution in [3.8, 4) is 5.75 Å². The molecule has 2 nitrogen and oxygen atoms in total. The predicted molar refractivity (Wildman–Crippen MR) is 64.8 cm³/mol. The van der Waals surface area contributed by atoms with Crippen LogP contribution < -0.4 is 10.1 Å². The van der Waals surface area contributed by atoms with Gasteiger partial charge in [-0.1, -0.05) is 12.1 Å². The second-order valence-electron chi connectivity index (χ2n) is 4.13. The van der Waals surface area contributed by atoms with Gasteiger partial charge < -0.3 is 10.1 Å². The summed E-state index contributed by atoms with van der Waals surface area (Å²) in [7, 11) is 0. The van der Waals surface area contributed by atoms with Crippen molar-refractivity contribution >= 4 is 0 Å². The normalized spacial score (nSPS) is 11.6. The zero-order chi connectivity index (χ0) is 13.4. The van der Waals surface area contributed by atoms with E-state index in [1.54, 1.807) is 0 Å². The molecule has 1 aromatic rings. The number of nitrogens with one attached hydrogen (secondary N) is 1. The second-order valence-corrected chi connectivity index (χ2v) is 4.13. The monoisotopic (exact) mass is 261 g/mol. The van der Waals surface area contributed by atoms with Gasteiger partial charge in [-0.2, -0.15) is 13.2 Å². The van der Waals surface area contributed by atoms with Gasteiger partial charge in [0.05, 0.1) is 0 Å². The van der Waals surface area contributed by atoms with Gasteiger partial charge in [0.2, 0.25) is 0 Å². The molecule has 1 rings (SSSR count). The molecule has 0 spiro atoms. The molecule has 18 heavy (non-hydrogen) atoms. The lowest BCUT2D eigenvalue weighted by Crippen LogP contribution is -2.23. The Balaban J connectivity index is 2.02. The Morgan fingerprint density at radius 1 is 1.22 bits per heavy atom. The van der Waals surface area contributed by atoms with E-state index in [1.807, 2.05) is 31.2 Å². The minimum Gasteiger partial charge on any atom is -0.492 e. The third-order valence-corrected chi connectivity index (χ3v) is 2.35. The maximum Gasteiger partial charge on any atom is 0.389 e. The Bertz CT molecular complexity index is 352. The lowest BCUT2D eigenvalue weighted by molar-refractivity contribution is -0.135. The Kier molecular flexibility index (Phi) is 5.98. The zero-order valence-electron chi connectivity index (χ0n) is 10.4. The molecule has 0 amide bonds. The van der Waals surface area contributed by atoms with Gasteiger partial charge in [0.15, 0.2) is 0 Å². The van der Waals surface area contributed by atoms with Crippen molar-refractivity contribution in [2.45, 2.75) is 25.9 Å². The number of rotatable bonds is 7. The topological polar surface area (TPSA) is 21.3 Å². The van der Waals surface area contributed by atoms with Gasteiger partial charge in [-0.15, -0.1) is 0 Å². The van der Waals surface area contributed by atoms with Crippen LogP contribution in [0.25, 0.3) is 0 Å². The molecule has 5 heteroatoms. The highest BCUT2D eigenvalue weighted by atomic mass is 19.4. The molecule has 0 fully saturated rings. The largest absolute Gasteiger partial charge is 0.492 e. The minimum absolute atomic E-state index is 0.105. The molecule has 0 saturated carbocycles. The summed E-state index contributed by atoms with van der Waals surface area (Å²) >= 11 is 0. The summed E-state index contributed by atoms with van der Waals surface area (Å²) in [6, 6.07) is 7.66. The maximum absolute atomic E-state index is 11.8. The van der Waals surface area contributed by atoms with E-state index in [-0.39, 0.29) is 6.42 Å². The maximum atomic E-state index is 11.8. The summed E-state index contributed by atoms with van der Waals surface area (Å²) in [5.41, 5.74) is 1.12. The summed E-state index contributed by atoms with van der Waals surface area (Å²) < 4.78 is 41.0. The quantitative estimate of drug-likeness (QED) is 0.760. The van der Waals surface area contributed by atoms with Gasteiger partial charge >= 0.3 is 6.18 Å². The van der Waals surface area contributed by atoms with E-state index in [1.165, 1.54) is 0 Å². The van der Waals surface area contributed by atoms with Crippen LogP contribution in [-0.2, 0) is 0 Å². The number of benzene rings is 1. The van der Waals surface area contributed by atoms with Crippen LogP contribution in [0.15, 0.2) is 24.3 Å². The molecule has 0 aliphatic heterocycles. The molecule has 0 atom stereocenters. The van der Waals surface area contributed by atoms with Crippen molar-refractivity contribution in [1.82, 2.24) is 5.32 Å². The van der Waals surface area contributed by atoms with Crippen molar-refractivity contribution in [2.75, 3.05) is 19.7 Å². The Labute approximate surface area is 105 Å². The summed E-state index contributed by atoms with van der Waals surface area (Å²) in [5.74, 6) is 0.784. The summed E-state index contributed by atoms with van der Waals surface area (Å²) in [4.78, 5) is 0. The lowest BCUT2D eigenvalue weighted by Gasteiger charge is -2.09. The van der Waals surface area contributed by atoms with Gasteiger partial charge in [-0.3, -0.25) is 0 Å². The predicted octanol–water partition coefficient (Wildman–Crippen LogP) is 3.31. The molecule has 0 heterocycles. The first-order valence-corrected chi connectivity index (χ1v) is 5.94. The van der Waals surface area contributed by atoms with Crippen LogP contribution in [0, 0.1) is 6.92 Å². The Morgan fingerprint density at radius 2 is 2.00 bits per heavy atom. The Hall–Kier alpha value is -1.23. The number of aryl methyl sites for hydroxylation is 1. The molecule has 1 aromatic carbocycles. The van der Waals surface area contributed by atoms with E-state index >= 15 is 0 Å². The fraction of sp³-hybridized carbons (Fsp3) is 0.538. The highest BCUT2D eigenvalue weighted by Crippen LogP contribution is 2.20. The van der Waals surface area contributed by atoms with Gasteiger partial charge in [0, 0.05) is 13.0 Å². The van der Waals surface area contributed by atoms with Gasteiger partial charge in [0.25, 0.3) is 0 Å².